The van der Waals surface area contributed by atoms with Gasteiger partial charge in [0.1, 0.15) is 24.2 Å². The van der Waals surface area contributed by atoms with E-state index in [1.165, 1.54) is 0 Å². The molecule has 4 aromatic rings. The molecule has 0 aliphatic carbocycles. The Morgan fingerprint density at radius 1 is 1.13 bits per heavy atom. The summed E-state index contributed by atoms with van der Waals surface area (Å²) in [6, 6.07) is 10.2. The molecule has 2 N–H and O–H groups in total. The van der Waals surface area contributed by atoms with Gasteiger partial charge >= 0.3 is 0 Å². The molecule has 10 heteroatoms. The lowest BCUT2D eigenvalue weighted by Crippen LogP contribution is -2.51. The Labute approximate surface area is 221 Å². The number of anilines is 2. The van der Waals surface area contributed by atoms with Gasteiger partial charge in [-0.2, -0.15) is 10.4 Å². The molecule has 0 unspecified atom stereocenters. The highest BCUT2D eigenvalue weighted by Crippen LogP contribution is 2.33. The van der Waals surface area contributed by atoms with Gasteiger partial charge in [-0.1, -0.05) is 13.8 Å². The highest BCUT2D eigenvalue weighted by atomic mass is 16.5. The van der Waals surface area contributed by atoms with Gasteiger partial charge in [-0.15, -0.1) is 0 Å². The maximum Gasteiger partial charge on any atom is 0.222 e. The number of pyridine rings is 2. The molecule has 0 amide bonds. The Morgan fingerprint density at radius 2 is 1.87 bits per heavy atom. The Morgan fingerprint density at radius 3 is 2.50 bits per heavy atom. The van der Waals surface area contributed by atoms with Crippen LogP contribution in [-0.2, 0) is 0 Å². The highest BCUT2D eigenvalue weighted by molar-refractivity contribution is 5.85. The van der Waals surface area contributed by atoms with Crippen molar-refractivity contribution in [2.45, 2.75) is 39.3 Å². The number of nitrogens with one attached hydrogen (secondary N) is 1. The summed E-state index contributed by atoms with van der Waals surface area (Å²) in [5.74, 6) is 2.83. The van der Waals surface area contributed by atoms with Crippen LogP contribution in [0.2, 0.25) is 0 Å². The van der Waals surface area contributed by atoms with Crippen molar-refractivity contribution < 1.29 is 9.84 Å². The standard InChI is InChI=1S/C28H32N8O2/c1-18-14-35(15-19(2)25(18)34-27-30-8-5-9-31-27)24-7-6-20(12-32-24)23-10-22(38-17-28(3,4)37)16-36-26(23)21(11-29)13-33-36/h5-10,12-13,16,18-19,25,37H,14-15,17H2,1-4H3,(H,30,31,34)/t18-,19+,25+. The lowest BCUT2D eigenvalue weighted by Gasteiger charge is -2.42. The molecule has 1 aliphatic rings. The van der Waals surface area contributed by atoms with Crippen LogP contribution in [0.5, 0.6) is 5.75 Å². The molecule has 196 valence electrons. The van der Waals surface area contributed by atoms with Crippen LogP contribution in [0, 0.1) is 23.2 Å². The predicted octanol–water partition coefficient (Wildman–Crippen LogP) is 3.78. The summed E-state index contributed by atoms with van der Waals surface area (Å²) < 4.78 is 7.48. The van der Waals surface area contributed by atoms with E-state index in [9.17, 15) is 10.4 Å². The molecule has 0 radical (unpaired) electrons. The van der Waals surface area contributed by atoms with Crippen LogP contribution in [0.4, 0.5) is 11.8 Å². The number of nitrogens with zero attached hydrogens (tertiary/aromatic N) is 7. The van der Waals surface area contributed by atoms with E-state index < -0.39 is 5.60 Å². The van der Waals surface area contributed by atoms with Gasteiger partial charge < -0.3 is 20.1 Å². The lowest BCUT2D eigenvalue weighted by molar-refractivity contribution is 0.0283. The Bertz CT molecular complexity index is 1430. The number of aliphatic hydroxyl groups is 1. The van der Waals surface area contributed by atoms with E-state index in [0.29, 0.717) is 34.6 Å². The third kappa shape index (κ3) is 5.38. The van der Waals surface area contributed by atoms with Gasteiger partial charge in [0.25, 0.3) is 0 Å². The highest BCUT2D eigenvalue weighted by Gasteiger charge is 2.33. The number of ether oxygens (including phenoxy) is 1. The van der Waals surface area contributed by atoms with Crippen molar-refractivity contribution in [1.82, 2.24) is 24.6 Å². The Kier molecular flexibility index (Phi) is 6.87. The maximum atomic E-state index is 10.1. The van der Waals surface area contributed by atoms with Crippen molar-refractivity contribution in [3.8, 4) is 22.9 Å². The minimum atomic E-state index is -0.981. The summed E-state index contributed by atoms with van der Waals surface area (Å²) in [7, 11) is 0. The van der Waals surface area contributed by atoms with Crippen molar-refractivity contribution in [2.24, 2.45) is 11.8 Å². The molecule has 0 saturated carbocycles. The van der Waals surface area contributed by atoms with Crippen molar-refractivity contribution in [1.29, 1.82) is 5.26 Å². The third-order valence-electron chi connectivity index (χ3n) is 6.79. The molecule has 3 atom stereocenters. The van der Waals surface area contributed by atoms with E-state index in [2.05, 4.69) is 45.2 Å². The van der Waals surface area contributed by atoms with Crippen LogP contribution < -0.4 is 15.0 Å². The number of hydrogen-bond acceptors (Lipinski definition) is 9. The topological polar surface area (TPSA) is 124 Å². The van der Waals surface area contributed by atoms with E-state index in [-0.39, 0.29) is 12.6 Å². The number of fused-ring (bicyclic) bond motifs is 1. The van der Waals surface area contributed by atoms with Gasteiger partial charge in [-0.3, -0.25) is 0 Å². The maximum absolute atomic E-state index is 10.1. The molecule has 0 bridgehead atoms. The van der Waals surface area contributed by atoms with Gasteiger partial charge in [0.05, 0.1) is 29.1 Å². The monoisotopic (exact) mass is 512 g/mol. The average Bonchev–Trinajstić information content (AvgIpc) is 3.32. The smallest absolute Gasteiger partial charge is 0.222 e. The van der Waals surface area contributed by atoms with Crippen LogP contribution in [0.1, 0.15) is 33.3 Å². The lowest BCUT2D eigenvalue weighted by atomic mass is 9.86. The van der Waals surface area contributed by atoms with E-state index in [1.807, 2.05) is 30.5 Å². The third-order valence-corrected chi connectivity index (χ3v) is 6.79. The molecule has 1 aliphatic heterocycles. The molecule has 10 nitrogen and oxygen atoms in total. The zero-order valence-corrected chi connectivity index (χ0v) is 22.0. The molecule has 38 heavy (non-hydrogen) atoms. The van der Waals surface area contributed by atoms with Gasteiger partial charge in [0, 0.05) is 48.8 Å². The fourth-order valence-corrected chi connectivity index (χ4v) is 5.02. The summed E-state index contributed by atoms with van der Waals surface area (Å²) in [6.07, 6.45) is 8.59. The quantitative estimate of drug-likeness (QED) is 0.381. The number of rotatable bonds is 7. The van der Waals surface area contributed by atoms with Gasteiger partial charge in [0.2, 0.25) is 5.95 Å². The first-order chi connectivity index (χ1) is 18.2. The van der Waals surface area contributed by atoms with Crippen molar-refractivity contribution in [3.05, 3.63) is 60.8 Å². The van der Waals surface area contributed by atoms with E-state index in [0.717, 1.165) is 30.0 Å². The van der Waals surface area contributed by atoms with E-state index in [1.54, 1.807) is 43.2 Å². The molecule has 0 spiro atoms. The van der Waals surface area contributed by atoms with Crippen LogP contribution in [0.15, 0.2) is 55.2 Å². The average molecular weight is 513 g/mol. The Balaban J connectivity index is 1.38. The summed E-state index contributed by atoms with van der Waals surface area (Å²) in [5, 5.41) is 27.6. The zero-order chi connectivity index (χ0) is 26.9. The second kappa shape index (κ2) is 10.3. The summed E-state index contributed by atoms with van der Waals surface area (Å²) in [4.78, 5) is 15.8. The molecule has 1 fully saturated rings. The first kappa shape index (κ1) is 25.4. The van der Waals surface area contributed by atoms with Gasteiger partial charge in [0.15, 0.2) is 0 Å². The first-order valence-corrected chi connectivity index (χ1v) is 12.7. The predicted molar refractivity (Wildman–Crippen MR) is 145 cm³/mol. The number of piperidine rings is 1. The van der Waals surface area contributed by atoms with Crippen LogP contribution in [0.3, 0.4) is 0 Å². The van der Waals surface area contributed by atoms with Crippen LogP contribution in [-0.4, -0.2) is 61.0 Å². The fraction of sp³-hybridized carbons (Fsp3) is 0.393. The second-order valence-corrected chi connectivity index (χ2v) is 10.7. The van der Waals surface area contributed by atoms with E-state index in [4.69, 9.17) is 9.72 Å². The zero-order valence-electron chi connectivity index (χ0n) is 22.0. The SMILES string of the molecule is C[C@@H]1CN(c2ccc(-c3cc(OCC(C)(C)O)cn4ncc(C#N)c34)cn2)C[C@H](C)[C@H]1Nc1ncccn1. The number of nitriles is 1. The molecular formula is C28H32N8O2. The molecule has 4 aromatic heterocycles. The Hall–Kier alpha value is -4.23. The molecule has 1 saturated heterocycles. The number of hydrogen-bond donors (Lipinski definition) is 2. The molecular weight excluding hydrogens is 480 g/mol. The van der Waals surface area contributed by atoms with Crippen LogP contribution in [0.25, 0.3) is 16.6 Å². The van der Waals surface area contributed by atoms with Crippen molar-refractivity contribution in [2.75, 3.05) is 29.9 Å². The minimum Gasteiger partial charge on any atom is -0.489 e. The van der Waals surface area contributed by atoms with Crippen molar-refractivity contribution >= 4 is 17.3 Å². The molecule has 5 rings (SSSR count). The molecule has 0 aromatic carbocycles. The first-order valence-electron chi connectivity index (χ1n) is 12.7. The van der Waals surface area contributed by atoms with E-state index >= 15 is 0 Å². The van der Waals surface area contributed by atoms with Crippen LogP contribution >= 0.6 is 0 Å². The summed E-state index contributed by atoms with van der Waals surface area (Å²) >= 11 is 0. The summed E-state index contributed by atoms with van der Waals surface area (Å²) in [5.41, 5.74) is 1.82. The fourth-order valence-electron chi connectivity index (χ4n) is 5.02. The normalized spacial score (nSPS) is 19.8. The number of aromatic nitrogens is 5. The van der Waals surface area contributed by atoms with Crippen molar-refractivity contribution in [3.63, 3.8) is 0 Å². The van der Waals surface area contributed by atoms with Gasteiger partial charge in [-0.25, -0.2) is 19.5 Å². The second-order valence-electron chi connectivity index (χ2n) is 10.7. The molecule has 5 heterocycles. The minimum absolute atomic E-state index is 0.124. The van der Waals surface area contributed by atoms with Gasteiger partial charge in [-0.05, 0) is 49.9 Å². The summed E-state index contributed by atoms with van der Waals surface area (Å²) in [6.45, 7) is 9.67. The largest absolute Gasteiger partial charge is 0.489 e.